The predicted molar refractivity (Wildman–Crippen MR) is 122 cm³/mol. The maximum absolute atomic E-state index is 12.5. The van der Waals surface area contributed by atoms with Crippen molar-refractivity contribution in [3.8, 4) is 0 Å². The van der Waals surface area contributed by atoms with E-state index >= 15 is 0 Å². The number of fused-ring (bicyclic) bond motifs is 1. The van der Waals surface area contributed by atoms with E-state index in [4.69, 9.17) is 18.9 Å². The molecule has 9 nitrogen and oxygen atoms in total. The number of carbonyl (C=O) groups is 3. The van der Waals surface area contributed by atoms with E-state index in [1.54, 1.807) is 12.1 Å². The molecule has 0 spiro atoms. The van der Waals surface area contributed by atoms with Crippen LogP contribution in [-0.4, -0.2) is 54.5 Å². The Labute approximate surface area is 194 Å². The Balaban J connectivity index is 1.51. The number of furan rings is 1. The molecule has 4 rings (SSSR count). The normalized spacial score (nSPS) is 14.8. The molecule has 0 aromatic carbocycles. The average molecular weight is 472 g/mol. The summed E-state index contributed by atoms with van der Waals surface area (Å²) in [6.07, 6.45) is 2.93. The monoisotopic (exact) mass is 471 g/mol. The number of methoxy groups -OCH3 is 1. The molecule has 174 valence electrons. The first-order valence-corrected chi connectivity index (χ1v) is 11.6. The number of amides is 1. The number of nitrogens with one attached hydrogen (secondary N) is 1. The molecule has 1 aliphatic rings. The second-order valence-electron chi connectivity index (χ2n) is 7.69. The van der Waals surface area contributed by atoms with Gasteiger partial charge in [0.1, 0.15) is 9.71 Å². The smallest absolute Gasteiger partial charge is 0.350 e. The van der Waals surface area contributed by atoms with E-state index < -0.39 is 11.9 Å². The number of rotatable bonds is 7. The topological polar surface area (TPSA) is 111 Å². The summed E-state index contributed by atoms with van der Waals surface area (Å²) >= 11 is 1.17. The van der Waals surface area contributed by atoms with Crippen LogP contribution in [0.2, 0.25) is 0 Å². The molecule has 1 N–H and O–H groups in total. The van der Waals surface area contributed by atoms with Crippen molar-refractivity contribution in [3.63, 3.8) is 0 Å². The first-order chi connectivity index (χ1) is 16.0. The fourth-order valence-electron chi connectivity index (χ4n) is 3.86. The highest BCUT2D eigenvalue weighted by Crippen LogP contribution is 2.36. The lowest BCUT2D eigenvalue weighted by Gasteiger charge is -2.30. The second kappa shape index (κ2) is 10.1. The summed E-state index contributed by atoms with van der Waals surface area (Å²) in [5.41, 5.74) is 1.20. The van der Waals surface area contributed by atoms with Crippen molar-refractivity contribution < 1.29 is 28.3 Å². The van der Waals surface area contributed by atoms with Gasteiger partial charge in [0.15, 0.2) is 5.76 Å². The fourth-order valence-corrected chi connectivity index (χ4v) is 4.93. The molecule has 0 radical (unpaired) electrons. The molecule has 1 fully saturated rings. The lowest BCUT2D eigenvalue weighted by Crippen LogP contribution is -2.36. The van der Waals surface area contributed by atoms with Crippen molar-refractivity contribution in [1.29, 1.82) is 0 Å². The Morgan fingerprint density at radius 3 is 2.70 bits per heavy atom. The standard InChI is InChI=1S/C23H25N3O6S/c1-3-31-22(28)14-8-10-26(11-9-14)13-15-6-7-16-18(25-20(27)17-5-4-12-32-17)19(23(29)30-2)33-21(16)24-15/h4-7,12,14H,3,8-11,13H2,1-2H3,(H,25,27). The zero-order valence-corrected chi connectivity index (χ0v) is 19.3. The Morgan fingerprint density at radius 1 is 1.24 bits per heavy atom. The van der Waals surface area contributed by atoms with Crippen LogP contribution >= 0.6 is 11.3 Å². The lowest BCUT2D eigenvalue weighted by atomic mass is 9.97. The Kier molecular flexibility index (Phi) is 7.05. The maximum Gasteiger partial charge on any atom is 0.350 e. The highest BCUT2D eigenvalue weighted by Gasteiger charge is 2.27. The molecule has 3 aromatic rings. The third kappa shape index (κ3) is 5.07. The largest absolute Gasteiger partial charge is 0.466 e. The summed E-state index contributed by atoms with van der Waals surface area (Å²) in [4.78, 5) is 44.7. The summed E-state index contributed by atoms with van der Waals surface area (Å²) in [5, 5.41) is 3.42. The molecule has 0 aliphatic carbocycles. The van der Waals surface area contributed by atoms with Gasteiger partial charge in [-0.15, -0.1) is 11.3 Å². The molecule has 4 heterocycles. The number of hydrogen-bond acceptors (Lipinski definition) is 9. The van der Waals surface area contributed by atoms with Gasteiger partial charge in [-0.05, 0) is 57.1 Å². The van der Waals surface area contributed by atoms with Gasteiger partial charge in [-0.1, -0.05) is 0 Å². The van der Waals surface area contributed by atoms with E-state index in [1.807, 2.05) is 19.1 Å². The van der Waals surface area contributed by atoms with Crippen molar-refractivity contribution in [2.45, 2.75) is 26.3 Å². The van der Waals surface area contributed by atoms with Crippen LogP contribution in [0.4, 0.5) is 5.69 Å². The Morgan fingerprint density at radius 2 is 2.03 bits per heavy atom. The highest BCUT2D eigenvalue weighted by molar-refractivity contribution is 7.21. The number of thiophene rings is 1. The highest BCUT2D eigenvalue weighted by atomic mass is 32.1. The molecule has 0 atom stereocenters. The fraction of sp³-hybridized carbons (Fsp3) is 0.391. The van der Waals surface area contributed by atoms with Crippen LogP contribution in [0.5, 0.6) is 0 Å². The third-order valence-corrected chi connectivity index (χ3v) is 6.64. The van der Waals surface area contributed by atoms with Crippen molar-refractivity contribution in [1.82, 2.24) is 9.88 Å². The molecule has 0 unspecified atom stereocenters. The van der Waals surface area contributed by atoms with Gasteiger partial charge in [-0.25, -0.2) is 9.78 Å². The maximum atomic E-state index is 12.5. The number of pyridine rings is 1. The molecule has 1 aliphatic heterocycles. The van der Waals surface area contributed by atoms with Crippen LogP contribution in [0.3, 0.4) is 0 Å². The van der Waals surface area contributed by atoms with Gasteiger partial charge < -0.3 is 19.2 Å². The van der Waals surface area contributed by atoms with E-state index in [-0.39, 0.29) is 22.5 Å². The van der Waals surface area contributed by atoms with Gasteiger partial charge in [0, 0.05) is 11.9 Å². The number of hydrogen-bond donors (Lipinski definition) is 1. The van der Waals surface area contributed by atoms with E-state index in [9.17, 15) is 14.4 Å². The summed E-state index contributed by atoms with van der Waals surface area (Å²) in [7, 11) is 1.30. The molecule has 33 heavy (non-hydrogen) atoms. The van der Waals surface area contributed by atoms with Crippen molar-refractivity contribution in [2.75, 3.05) is 32.1 Å². The van der Waals surface area contributed by atoms with Gasteiger partial charge in [-0.3, -0.25) is 14.5 Å². The zero-order chi connectivity index (χ0) is 23.4. The van der Waals surface area contributed by atoms with Crippen LogP contribution in [0.15, 0.2) is 34.9 Å². The van der Waals surface area contributed by atoms with Crippen LogP contribution in [0, 0.1) is 5.92 Å². The van der Waals surface area contributed by atoms with E-state index in [0.717, 1.165) is 31.6 Å². The van der Waals surface area contributed by atoms with Gasteiger partial charge in [0.2, 0.25) is 0 Å². The Hall–Kier alpha value is -3.24. The minimum atomic E-state index is -0.546. The minimum Gasteiger partial charge on any atom is -0.466 e. The number of ether oxygens (including phenoxy) is 2. The lowest BCUT2D eigenvalue weighted by molar-refractivity contribution is -0.149. The molecule has 1 saturated heterocycles. The number of likely N-dealkylation sites (tertiary alicyclic amines) is 1. The number of aromatic nitrogens is 1. The molecule has 0 saturated carbocycles. The molecule has 0 bridgehead atoms. The van der Waals surface area contributed by atoms with Crippen LogP contribution in [-0.2, 0) is 20.8 Å². The van der Waals surface area contributed by atoms with Gasteiger partial charge in [0.25, 0.3) is 5.91 Å². The van der Waals surface area contributed by atoms with Crippen LogP contribution in [0.25, 0.3) is 10.2 Å². The van der Waals surface area contributed by atoms with Crippen molar-refractivity contribution >= 4 is 45.1 Å². The summed E-state index contributed by atoms with van der Waals surface area (Å²) in [6.45, 7) is 4.42. The zero-order valence-electron chi connectivity index (χ0n) is 18.5. The second-order valence-corrected chi connectivity index (χ2v) is 8.69. The summed E-state index contributed by atoms with van der Waals surface area (Å²) in [6, 6.07) is 6.90. The quantitative estimate of drug-likeness (QED) is 0.519. The molecule has 3 aromatic heterocycles. The predicted octanol–water partition coefficient (Wildman–Crippen LogP) is 3.70. The average Bonchev–Trinajstić information content (AvgIpc) is 3.48. The summed E-state index contributed by atoms with van der Waals surface area (Å²) in [5.74, 6) is -1.03. The molecule has 1 amide bonds. The van der Waals surface area contributed by atoms with Crippen LogP contribution < -0.4 is 5.32 Å². The Bertz CT molecular complexity index is 1150. The SMILES string of the molecule is CCOC(=O)C1CCN(Cc2ccc3c(NC(=O)c4ccco4)c(C(=O)OC)sc3n2)CC1. The number of esters is 2. The van der Waals surface area contributed by atoms with E-state index in [1.165, 1.54) is 24.7 Å². The number of anilines is 1. The minimum absolute atomic E-state index is 0.0446. The first kappa shape index (κ1) is 22.9. The number of piperidine rings is 1. The third-order valence-electron chi connectivity index (χ3n) is 5.56. The molecular weight excluding hydrogens is 446 g/mol. The number of carbonyl (C=O) groups excluding carboxylic acids is 3. The van der Waals surface area contributed by atoms with E-state index in [0.29, 0.717) is 29.1 Å². The van der Waals surface area contributed by atoms with Crippen molar-refractivity contribution in [3.05, 3.63) is 46.9 Å². The first-order valence-electron chi connectivity index (χ1n) is 10.7. The van der Waals surface area contributed by atoms with Crippen LogP contribution in [0.1, 0.15) is 45.7 Å². The van der Waals surface area contributed by atoms with Gasteiger partial charge in [-0.2, -0.15) is 0 Å². The number of nitrogens with zero attached hydrogens (tertiary/aromatic N) is 2. The molecule has 10 heteroatoms. The molecular formula is C23H25N3O6S. The van der Waals surface area contributed by atoms with Gasteiger partial charge >= 0.3 is 11.9 Å². The summed E-state index contributed by atoms with van der Waals surface area (Å²) < 4.78 is 15.2. The van der Waals surface area contributed by atoms with E-state index in [2.05, 4.69) is 10.2 Å². The van der Waals surface area contributed by atoms with Crippen molar-refractivity contribution in [2.24, 2.45) is 5.92 Å². The van der Waals surface area contributed by atoms with Gasteiger partial charge in [0.05, 0.1) is 37.3 Å².